The summed E-state index contributed by atoms with van der Waals surface area (Å²) in [6.07, 6.45) is 3.23. The Bertz CT molecular complexity index is 1800. The lowest BCUT2D eigenvalue weighted by Crippen LogP contribution is -2.45. The van der Waals surface area contributed by atoms with Crippen LogP contribution in [0.1, 0.15) is 81.5 Å². The molecule has 3 aromatic carbocycles. The van der Waals surface area contributed by atoms with Crippen molar-refractivity contribution in [2.24, 2.45) is 10.8 Å². The fourth-order valence-electron chi connectivity index (χ4n) is 7.63. The molecule has 6 rings (SSSR count). The molecular formula is C41H45BrN2O4. The summed E-state index contributed by atoms with van der Waals surface area (Å²) in [6.45, 7) is 13.2. The summed E-state index contributed by atoms with van der Waals surface area (Å²) in [7, 11) is 0. The van der Waals surface area contributed by atoms with Gasteiger partial charge in [-0.3, -0.25) is 14.4 Å². The number of Topliss-reactive ketones (excluding diaryl/α,β-unsaturated/α-hetero) is 2. The smallest absolute Gasteiger partial charge is 0.262 e. The highest BCUT2D eigenvalue weighted by Crippen LogP contribution is 2.54. The molecule has 0 saturated carbocycles. The molecule has 0 fully saturated rings. The van der Waals surface area contributed by atoms with Gasteiger partial charge in [0, 0.05) is 53.5 Å². The van der Waals surface area contributed by atoms with Gasteiger partial charge in [0.2, 0.25) is 0 Å². The van der Waals surface area contributed by atoms with Gasteiger partial charge in [-0.05, 0) is 94.8 Å². The molecular weight excluding hydrogens is 664 g/mol. The molecule has 7 heteroatoms. The molecule has 1 heterocycles. The van der Waals surface area contributed by atoms with Gasteiger partial charge in [-0.2, -0.15) is 0 Å². The first-order valence-electron chi connectivity index (χ1n) is 16.8. The highest BCUT2D eigenvalue weighted by Gasteiger charge is 2.49. The summed E-state index contributed by atoms with van der Waals surface area (Å²) in [4.78, 5) is 43.5. The number of rotatable bonds is 8. The number of amides is 1. The molecule has 0 saturated heterocycles. The average molecular weight is 710 g/mol. The number of ketones is 2. The maximum Gasteiger partial charge on any atom is 0.262 e. The van der Waals surface area contributed by atoms with Crippen molar-refractivity contribution in [3.8, 4) is 5.75 Å². The van der Waals surface area contributed by atoms with Crippen LogP contribution in [0.15, 0.2) is 93.7 Å². The van der Waals surface area contributed by atoms with Crippen LogP contribution in [0.3, 0.4) is 0 Å². The zero-order chi connectivity index (χ0) is 34.4. The van der Waals surface area contributed by atoms with Crippen molar-refractivity contribution < 1.29 is 19.1 Å². The van der Waals surface area contributed by atoms with Crippen LogP contribution in [0.5, 0.6) is 5.75 Å². The second-order valence-electron chi connectivity index (χ2n) is 15.3. The first kappa shape index (κ1) is 33.9. The molecule has 48 heavy (non-hydrogen) atoms. The van der Waals surface area contributed by atoms with E-state index >= 15 is 0 Å². The predicted molar refractivity (Wildman–Crippen MR) is 194 cm³/mol. The zero-order valence-corrected chi connectivity index (χ0v) is 30.4. The maximum atomic E-state index is 14.2. The van der Waals surface area contributed by atoms with Crippen LogP contribution in [0.4, 0.5) is 5.69 Å². The second-order valence-corrected chi connectivity index (χ2v) is 16.1. The number of allylic oxidation sites excluding steroid dienone is 4. The van der Waals surface area contributed by atoms with E-state index in [4.69, 9.17) is 4.74 Å². The Hall–Kier alpha value is -3.97. The van der Waals surface area contributed by atoms with Crippen LogP contribution in [0, 0.1) is 24.7 Å². The number of carbonyl (C=O) groups excluding carboxylic acids is 3. The van der Waals surface area contributed by atoms with Crippen molar-refractivity contribution in [3.63, 3.8) is 0 Å². The maximum absolute atomic E-state index is 14.2. The molecule has 0 bridgehead atoms. The summed E-state index contributed by atoms with van der Waals surface area (Å²) in [5.41, 5.74) is 8.23. The van der Waals surface area contributed by atoms with Crippen molar-refractivity contribution in [1.29, 1.82) is 0 Å². The molecule has 250 valence electrons. The first-order valence-corrected chi connectivity index (χ1v) is 17.6. The lowest BCUT2D eigenvalue weighted by atomic mass is 9.63. The molecule has 1 aliphatic heterocycles. The molecule has 2 aliphatic carbocycles. The molecule has 0 unspecified atom stereocenters. The number of carbonyl (C=O) groups is 3. The van der Waals surface area contributed by atoms with Gasteiger partial charge < -0.3 is 15.0 Å². The lowest BCUT2D eigenvalue weighted by Gasteiger charge is -2.49. The number of hydrogen-bond donors (Lipinski definition) is 1. The number of benzene rings is 3. The summed E-state index contributed by atoms with van der Waals surface area (Å²) in [5.74, 6) is 0.0364. The Labute approximate surface area is 292 Å². The standard InChI is InChI=1S/C41H45BrN2O4/c1-25-12-14-30(26(2)18-25)43-36(47)24-48-35-15-13-28(19-29(35)42)37-38-31(20-40(3,4)22-33(38)45)44(17-16-27-10-8-7-9-11-27)32-21-41(5,6)23-34(46)39(32)37/h7-15,18-19,37H,16-17,20-24H2,1-6H3,(H,43,47). The van der Waals surface area contributed by atoms with Crippen LogP contribution in [-0.2, 0) is 20.8 Å². The SMILES string of the molecule is Cc1ccc(NC(=O)COc2ccc(C3C4=C(CC(C)(C)CC4=O)N(CCc4ccccc4)C4=C3C(=O)CC(C)(C)C4)cc2Br)c(C)c1. The molecule has 0 aromatic heterocycles. The predicted octanol–water partition coefficient (Wildman–Crippen LogP) is 9.01. The second kappa shape index (κ2) is 13.1. The third-order valence-electron chi connectivity index (χ3n) is 9.79. The number of nitrogens with zero attached hydrogens (tertiary/aromatic N) is 1. The van der Waals surface area contributed by atoms with Crippen molar-refractivity contribution in [2.75, 3.05) is 18.5 Å². The van der Waals surface area contributed by atoms with Gasteiger partial charge in [0.1, 0.15) is 5.75 Å². The largest absolute Gasteiger partial charge is 0.483 e. The zero-order valence-electron chi connectivity index (χ0n) is 28.8. The van der Waals surface area contributed by atoms with E-state index in [1.165, 1.54) is 5.56 Å². The van der Waals surface area contributed by atoms with E-state index in [1.54, 1.807) is 0 Å². The molecule has 1 N–H and O–H groups in total. The molecule has 0 radical (unpaired) electrons. The number of hydrogen-bond acceptors (Lipinski definition) is 5. The Morgan fingerprint density at radius 1 is 0.854 bits per heavy atom. The van der Waals surface area contributed by atoms with Crippen LogP contribution < -0.4 is 10.1 Å². The van der Waals surface area contributed by atoms with E-state index < -0.39 is 5.92 Å². The van der Waals surface area contributed by atoms with Gasteiger partial charge in [0.25, 0.3) is 5.91 Å². The average Bonchev–Trinajstić information content (AvgIpc) is 3.00. The summed E-state index contributed by atoms with van der Waals surface area (Å²) in [6, 6.07) is 22.0. The molecule has 0 atom stereocenters. The Balaban J connectivity index is 1.34. The topological polar surface area (TPSA) is 75.7 Å². The quantitative estimate of drug-likeness (QED) is 0.253. The van der Waals surface area contributed by atoms with Gasteiger partial charge >= 0.3 is 0 Å². The van der Waals surface area contributed by atoms with E-state index in [9.17, 15) is 14.4 Å². The molecule has 1 amide bonds. The summed E-state index contributed by atoms with van der Waals surface area (Å²) in [5, 5.41) is 2.93. The lowest BCUT2D eigenvalue weighted by molar-refractivity contribution is -0.120. The summed E-state index contributed by atoms with van der Waals surface area (Å²) >= 11 is 3.69. The molecule has 3 aliphatic rings. The van der Waals surface area contributed by atoms with Gasteiger partial charge in [-0.15, -0.1) is 0 Å². The Morgan fingerprint density at radius 2 is 1.48 bits per heavy atom. The number of ether oxygens (including phenoxy) is 1. The minimum Gasteiger partial charge on any atom is -0.483 e. The van der Waals surface area contributed by atoms with Crippen molar-refractivity contribution >= 4 is 39.1 Å². The van der Waals surface area contributed by atoms with E-state index in [1.807, 2.05) is 56.3 Å². The minimum atomic E-state index is -0.451. The minimum absolute atomic E-state index is 0.111. The van der Waals surface area contributed by atoms with Gasteiger partial charge in [0.15, 0.2) is 18.2 Å². The fourth-order valence-corrected chi connectivity index (χ4v) is 8.14. The third-order valence-corrected chi connectivity index (χ3v) is 10.4. The Kier molecular flexibility index (Phi) is 9.29. The van der Waals surface area contributed by atoms with Gasteiger partial charge in [0.05, 0.1) is 4.47 Å². The van der Waals surface area contributed by atoms with Crippen LogP contribution in [0.25, 0.3) is 0 Å². The van der Waals surface area contributed by atoms with Gasteiger partial charge in [-0.25, -0.2) is 0 Å². The normalized spacial score (nSPS) is 18.9. The van der Waals surface area contributed by atoms with Crippen LogP contribution >= 0.6 is 15.9 Å². The van der Waals surface area contributed by atoms with Crippen molar-refractivity contribution in [3.05, 3.63) is 116 Å². The number of aryl methyl sites for hydroxylation is 2. The number of halogens is 1. The van der Waals surface area contributed by atoms with E-state index in [-0.39, 0.29) is 34.9 Å². The summed E-state index contributed by atoms with van der Waals surface area (Å²) < 4.78 is 6.62. The van der Waals surface area contributed by atoms with E-state index in [0.717, 1.165) is 64.2 Å². The number of anilines is 1. The van der Waals surface area contributed by atoms with E-state index in [0.29, 0.717) is 29.6 Å². The van der Waals surface area contributed by atoms with Gasteiger partial charge in [-0.1, -0.05) is 81.8 Å². The monoisotopic (exact) mass is 708 g/mol. The highest BCUT2D eigenvalue weighted by molar-refractivity contribution is 9.10. The van der Waals surface area contributed by atoms with Crippen molar-refractivity contribution in [1.82, 2.24) is 4.90 Å². The third kappa shape index (κ3) is 7.07. The van der Waals surface area contributed by atoms with E-state index in [2.05, 4.69) is 78.1 Å². The fraction of sp³-hybridized carbons (Fsp3) is 0.390. The first-order chi connectivity index (χ1) is 22.7. The van der Waals surface area contributed by atoms with Crippen LogP contribution in [0.2, 0.25) is 0 Å². The van der Waals surface area contributed by atoms with Crippen LogP contribution in [-0.4, -0.2) is 35.5 Å². The highest BCUT2D eigenvalue weighted by atomic mass is 79.9. The molecule has 6 nitrogen and oxygen atoms in total. The molecule has 3 aromatic rings. The molecule has 0 spiro atoms. The Morgan fingerprint density at radius 3 is 2.06 bits per heavy atom. The van der Waals surface area contributed by atoms with Crippen molar-refractivity contribution in [2.45, 2.75) is 79.6 Å². The number of nitrogens with one attached hydrogen (secondary N) is 1.